The Morgan fingerprint density at radius 1 is 1.06 bits per heavy atom. The van der Waals surface area contributed by atoms with Gasteiger partial charge in [0, 0.05) is 48.1 Å². The summed E-state index contributed by atoms with van der Waals surface area (Å²) >= 11 is 1.63. The summed E-state index contributed by atoms with van der Waals surface area (Å²) in [7, 11) is 0. The van der Waals surface area contributed by atoms with Crippen molar-refractivity contribution in [1.29, 1.82) is 0 Å². The first-order valence-electron chi connectivity index (χ1n) is 10.4. The summed E-state index contributed by atoms with van der Waals surface area (Å²) in [5, 5.41) is 2.93. The number of carbonyl (C=O) groups excluding carboxylic acids is 2. The first-order chi connectivity index (χ1) is 15.1. The van der Waals surface area contributed by atoms with Crippen molar-refractivity contribution in [2.75, 3.05) is 11.1 Å². The van der Waals surface area contributed by atoms with Crippen LogP contribution in [0.3, 0.4) is 0 Å². The molecule has 1 N–H and O–H groups in total. The lowest BCUT2D eigenvalue weighted by Crippen LogP contribution is -2.30. The summed E-state index contributed by atoms with van der Waals surface area (Å²) in [6.45, 7) is 3.08. The van der Waals surface area contributed by atoms with Gasteiger partial charge in [-0.25, -0.2) is 0 Å². The number of fused-ring (bicyclic) bond motifs is 1. The van der Waals surface area contributed by atoms with E-state index in [0.717, 1.165) is 28.2 Å². The number of anilines is 1. The van der Waals surface area contributed by atoms with E-state index in [-0.39, 0.29) is 11.8 Å². The van der Waals surface area contributed by atoms with Gasteiger partial charge < -0.3 is 10.2 Å². The first-order valence-corrected chi connectivity index (χ1v) is 11.4. The summed E-state index contributed by atoms with van der Waals surface area (Å²) in [5.41, 5.74) is 4.60. The lowest BCUT2D eigenvalue weighted by Gasteiger charge is -2.24. The molecule has 0 spiro atoms. The minimum absolute atomic E-state index is 0.0147. The summed E-state index contributed by atoms with van der Waals surface area (Å²) in [6.07, 6.45) is 4.97. The van der Waals surface area contributed by atoms with Gasteiger partial charge in [0.05, 0.1) is 5.69 Å². The van der Waals surface area contributed by atoms with Crippen molar-refractivity contribution in [3.8, 4) is 0 Å². The molecule has 0 bridgehead atoms. The molecule has 6 heteroatoms. The van der Waals surface area contributed by atoms with Crippen LogP contribution in [0, 0.1) is 0 Å². The summed E-state index contributed by atoms with van der Waals surface area (Å²) in [6, 6.07) is 17.8. The Kier molecular flexibility index (Phi) is 6.67. The van der Waals surface area contributed by atoms with E-state index >= 15 is 0 Å². The van der Waals surface area contributed by atoms with Crippen LogP contribution in [0.25, 0.3) is 0 Å². The molecule has 1 aliphatic rings. The quantitative estimate of drug-likeness (QED) is 0.602. The number of rotatable bonds is 6. The van der Waals surface area contributed by atoms with Gasteiger partial charge in [-0.05, 0) is 47.4 Å². The van der Waals surface area contributed by atoms with Crippen molar-refractivity contribution in [2.24, 2.45) is 0 Å². The highest BCUT2D eigenvalue weighted by Gasteiger charge is 2.20. The number of hydrogen-bond donors (Lipinski definition) is 1. The van der Waals surface area contributed by atoms with Crippen molar-refractivity contribution >= 4 is 29.3 Å². The van der Waals surface area contributed by atoms with Crippen LogP contribution in [0.1, 0.15) is 40.4 Å². The summed E-state index contributed by atoms with van der Waals surface area (Å²) in [5.74, 6) is 0.654. The Labute approximate surface area is 186 Å². The number of aromatic nitrogens is 1. The molecule has 0 saturated heterocycles. The predicted molar refractivity (Wildman–Crippen MR) is 124 cm³/mol. The normalized spacial score (nSPS) is 13.1. The molecule has 158 valence electrons. The number of thioether (sulfide) groups is 1. The van der Waals surface area contributed by atoms with Crippen molar-refractivity contribution in [3.05, 3.63) is 89.2 Å². The van der Waals surface area contributed by atoms with E-state index in [2.05, 4.69) is 41.5 Å². The molecule has 2 amide bonds. The number of aryl methyl sites for hydroxylation is 1. The minimum atomic E-state index is -0.0743. The van der Waals surface area contributed by atoms with Crippen LogP contribution in [-0.2, 0) is 24.3 Å². The van der Waals surface area contributed by atoms with Crippen molar-refractivity contribution in [2.45, 2.75) is 37.8 Å². The van der Waals surface area contributed by atoms with Crippen LogP contribution in [-0.4, -0.2) is 27.5 Å². The van der Waals surface area contributed by atoms with Gasteiger partial charge in [0.15, 0.2) is 0 Å². The number of pyridine rings is 1. The first kappa shape index (κ1) is 21.1. The van der Waals surface area contributed by atoms with E-state index in [1.807, 2.05) is 29.2 Å². The monoisotopic (exact) mass is 431 g/mol. The van der Waals surface area contributed by atoms with Gasteiger partial charge in [-0.15, -0.1) is 11.8 Å². The maximum absolute atomic E-state index is 13.5. The van der Waals surface area contributed by atoms with Gasteiger partial charge in [0.25, 0.3) is 5.91 Å². The van der Waals surface area contributed by atoms with E-state index < -0.39 is 0 Å². The second-order valence-corrected chi connectivity index (χ2v) is 8.69. The van der Waals surface area contributed by atoms with Crippen LogP contribution in [0.4, 0.5) is 5.69 Å². The maximum Gasteiger partial charge on any atom is 0.254 e. The Balaban J connectivity index is 1.62. The highest BCUT2D eigenvalue weighted by molar-refractivity contribution is 7.99. The van der Waals surface area contributed by atoms with Gasteiger partial charge in [-0.1, -0.05) is 37.3 Å². The smallest absolute Gasteiger partial charge is 0.254 e. The molecule has 0 fully saturated rings. The fourth-order valence-electron chi connectivity index (χ4n) is 3.55. The zero-order chi connectivity index (χ0) is 21.6. The maximum atomic E-state index is 13.5. The molecule has 0 atom stereocenters. The van der Waals surface area contributed by atoms with Crippen LogP contribution >= 0.6 is 11.8 Å². The van der Waals surface area contributed by atoms with Crippen LogP contribution in [0.15, 0.2) is 71.9 Å². The molecule has 3 aromatic rings. The average molecular weight is 432 g/mol. The second-order valence-electron chi connectivity index (χ2n) is 7.55. The van der Waals surface area contributed by atoms with Crippen molar-refractivity contribution in [1.82, 2.24) is 9.88 Å². The molecule has 0 unspecified atom stereocenters. The third-order valence-corrected chi connectivity index (χ3v) is 6.35. The number of amides is 2. The molecule has 0 radical (unpaired) electrons. The second kappa shape index (κ2) is 9.79. The third-order valence-electron chi connectivity index (χ3n) is 5.28. The highest BCUT2D eigenvalue weighted by atomic mass is 32.2. The molecule has 2 heterocycles. The van der Waals surface area contributed by atoms with E-state index in [4.69, 9.17) is 0 Å². The van der Waals surface area contributed by atoms with Crippen LogP contribution in [0.2, 0.25) is 0 Å². The molecule has 0 saturated carbocycles. The highest BCUT2D eigenvalue weighted by Crippen LogP contribution is 2.32. The van der Waals surface area contributed by atoms with Gasteiger partial charge in [0.1, 0.15) is 0 Å². The Bertz CT molecular complexity index is 1070. The standard InChI is InChI=1S/C25H25N3O2S/c1-2-18-5-7-19(8-6-18)16-28(17-20-4-3-12-26-15-20)25(30)21-9-10-23-22(14-21)27-24(29)11-13-31-23/h3-10,12,14-15H,2,11,13,16-17H2,1H3,(H,27,29). The molecule has 4 rings (SSSR count). The SMILES string of the molecule is CCc1ccc(CN(Cc2cccnc2)C(=O)c2ccc3c(c2)NC(=O)CCS3)cc1. The number of carbonyl (C=O) groups is 2. The summed E-state index contributed by atoms with van der Waals surface area (Å²) in [4.78, 5) is 32.5. The molecule has 2 aromatic carbocycles. The molecular weight excluding hydrogens is 406 g/mol. The lowest BCUT2D eigenvalue weighted by molar-refractivity contribution is -0.115. The van der Waals surface area contributed by atoms with E-state index in [9.17, 15) is 9.59 Å². The number of benzene rings is 2. The van der Waals surface area contributed by atoms with E-state index in [1.54, 1.807) is 30.2 Å². The van der Waals surface area contributed by atoms with Crippen LogP contribution < -0.4 is 5.32 Å². The van der Waals surface area contributed by atoms with Gasteiger partial charge >= 0.3 is 0 Å². The topological polar surface area (TPSA) is 62.3 Å². The predicted octanol–water partition coefficient (Wildman–Crippen LogP) is 4.92. The van der Waals surface area contributed by atoms with E-state index in [0.29, 0.717) is 30.8 Å². The Morgan fingerprint density at radius 2 is 1.84 bits per heavy atom. The molecule has 5 nitrogen and oxygen atoms in total. The fourth-order valence-corrected chi connectivity index (χ4v) is 4.48. The van der Waals surface area contributed by atoms with Crippen molar-refractivity contribution in [3.63, 3.8) is 0 Å². The van der Waals surface area contributed by atoms with Crippen molar-refractivity contribution < 1.29 is 9.59 Å². The Morgan fingerprint density at radius 3 is 2.58 bits per heavy atom. The van der Waals surface area contributed by atoms with Gasteiger partial charge in [0.2, 0.25) is 5.91 Å². The molecule has 0 aliphatic carbocycles. The van der Waals surface area contributed by atoms with Crippen LogP contribution in [0.5, 0.6) is 0 Å². The Hall–Kier alpha value is -3.12. The minimum Gasteiger partial charge on any atom is -0.330 e. The number of hydrogen-bond acceptors (Lipinski definition) is 4. The number of nitrogens with one attached hydrogen (secondary N) is 1. The molecular formula is C25H25N3O2S. The van der Waals surface area contributed by atoms with Gasteiger partial charge in [-0.2, -0.15) is 0 Å². The average Bonchev–Trinajstić information content (AvgIpc) is 2.99. The fraction of sp³-hybridized carbons (Fsp3) is 0.240. The zero-order valence-corrected chi connectivity index (χ0v) is 18.3. The molecule has 1 aliphatic heterocycles. The zero-order valence-electron chi connectivity index (χ0n) is 17.5. The molecule has 31 heavy (non-hydrogen) atoms. The molecule has 1 aromatic heterocycles. The summed E-state index contributed by atoms with van der Waals surface area (Å²) < 4.78 is 0. The third kappa shape index (κ3) is 5.33. The lowest BCUT2D eigenvalue weighted by atomic mass is 10.1. The van der Waals surface area contributed by atoms with Gasteiger partial charge in [-0.3, -0.25) is 14.6 Å². The van der Waals surface area contributed by atoms with E-state index in [1.165, 1.54) is 5.56 Å². The number of nitrogens with zero attached hydrogens (tertiary/aromatic N) is 2. The largest absolute Gasteiger partial charge is 0.330 e.